The van der Waals surface area contributed by atoms with Gasteiger partial charge in [0.1, 0.15) is 0 Å². The van der Waals surface area contributed by atoms with Crippen molar-refractivity contribution < 1.29 is 29.0 Å². The summed E-state index contributed by atoms with van der Waals surface area (Å²) in [6.45, 7) is 2.21. The molecular formula is C7H8BrO2SZn-. The van der Waals surface area contributed by atoms with Gasteiger partial charge in [-0.25, -0.2) is 0 Å². The van der Waals surface area contributed by atoms with Crippen LogP contribution < -0.4 is 0 Å². The van der Waals surface area contributed by atoms with Gasteiger partial charge >= 0.3 is 0 Å². The van der Waals surface area contributed by atoms with Crippen molar-refractivity contribution in [2.45, 2.75) is 6.92 Å². The van der Waals surface area contributed by atoms with Crippen molar-refractivity contribution in [1.82, 2.24) is 0 Å². The topological polar surface area (TPSA) is 26.3 Å². The van der Waals surface area contributed by atoms with Crippen LogP contribution >= 0.6 is 28.3 Å². The number of hydrogen-bond acceptors (Lipinski definition) is 3. The standard InChI is InChI=1S/C7H7O2S.BrH.Zn/c1-2-9-7(8)6-4-3-5-10-6;;/h3-4H,2H2,1H3;1H;/q-1;;. The summed E-state index contributed by atoms with van der Waals surface area (Å²) in [5.41, 5.74) is 0. The number of carbonyl (C=O) groups is 1. The first-order valence-corrected chi connectivity index (χ1v) is 3.79. The van der Waals surface area contributed by atoms with Gasteiger partial charge in [-0.15, -0.1) is 22.4 Å². The van der Waals surface area contributed by atoms with Gasteiger partial charge in [0.2, 0.25) is 0 Å². The monoisotopic (exact) mass is 299 g/mol. The molecule has 0 radical (unpaired) electrons. The first-order chi connectivity index (χ1) is 4.84. The Hall–Kier alpha value is 0.273. The van der Waals surface area contributed by atoms with Gasteiger partial charge < -0.3 is 4.74 Å². The van der Waals surface area contributed by atoms with Gasteiger partial charge in [0.25, 0.3) is 5.97 Å². The van der Waals surface area contributed by atoms with Crippen LogP contribution in [0.15, 0.2) is 12.1 Å². The average molecular weight is 302 g/mol. The van der Waals surface area contributed by atoms with Gasteiger partial charge in [0, 0.05) is 19.5 Å². The first kappa shape index (κ1) is 14.8. The Morgan fingerprint density at radius 1 is 1.75 bits per heavy atom. The van der Waals surface area contributed by atoms with Crippen molar-refractivity contribution in [3.63, 3.8) is 0 Å². The molecule has 0 aliphatic carbocycles. The van der Waals surface area contributed by atoms with Crippen LogP contribution in [0.5, 0.6) is 0 Å². The minimum Gasteiger partial charge on any atom is -0.472 e. The Kier molecular flexibility index (Phi) is 9.73. The molecule has 1 aromatic rings. The van der Waals surface area contributed by atoms with Crippen molar-refractivity contribution in [2.24, 2.45) is 0 Å². The van der Waals surface area contributed by atoms with Gasteiger partial charge in [-0.05, 0) is 11.8 Å². The molecule has 0 saturated carbocycles. The van der Waals surface area contributed by atoms with Crippen molar-refractivity contribution in [1.29, 1.82) is 0 Å². The van der Waals surface area contributed by atoms with Crippen LogP contribution in [0, 0.1) is 5.38 Å². The van der Waals surface area contributed by atoms with Gasteiger partial charge in [0.15, 0.2) is 0 Å². The zero-order chi connectivity index (χ0) is 7.40. The number of carbonyl (C=O) groups excluding carboxylic acids is 1. The third-order valence-corrected chi connectivity index (χ3v) is 1.72. The van der Waals surface area contributed by atoms with E-state index in [4.69, 9.17) is 4.74 Å². The van der Waals surface area contributed by atoms with Crippen LogP contribution in [0.4, 0.5) is 0 Å². The van der Waals surface area contributed by atoms with Crippen molar-refractivity contribution in [3.8, 4) is 0 Å². The first-order valence-electron chi connectivity index (χ1n) is 2.97. The van der Waals surface area contributed by atoms with Crippen LogP contribution in [0.1, 0.15) is 16.6 Å². The molecule has 12 heavy (non-hydrogen) atoms. The molecule has 0 fully saturated rings. The summed E-state index contributed by atoms with van der Waals surface area (Å²) >= 11 is 1.27. The van der Waals surface area contributed by atoms with E-state index in [1.165, 1.54) is 11.3 Å². The molecule has 0 amide bonds. The maximum Gasteiger partial charge on any atom is 0.279 e. The predicted octanol–water partition coefficient (Wildman–Crippen LogP) is 2.30. The molecule has 5 heteroatoms. The second-order valence-corrected chi connectivity index (χ2v) is 2.52. The quantitative estimate of drug-likeness (QED) is 0.476. The van der Waals surface area contributed by atoms with E-state index in [9.17, 15) is 4.79 Å². The van der Waals surface area contributed by atoms with Gasteiger partial charge in [-0.3, -0.25) is 16.1 Å². The summed E-state index contributed by atoms with van der Waals surface area (Å²) in [7, 11) is 0. The fraction of sp³-hybridized carbons (Fsp3) is 0.286. The van der Waals surface area contributed by atoms with Crippen molar-refractivity contribution >= 4 is 34.3 Å². The molecule has 0 unspecified atom stereocenters. The molecule has 0 aliphatic heterocycles. The normalized spacial score (nSPS) is 7.75. The van der Waals surface area contributed by atoms with E-state index in [2.05, 4.69) is 5.38 Å². The molecule has 1 heterocycles. The Labute approximate surface area is 98.8 Å². The molecule has 64 valence electrons. The number of ether oxygens (including phenoxy) is 1. The van der Waals surface area contributed by atoms with E-state index in [1.807, 2.05) is 0 Å². The average Bonchev–Trinajstić information content (AvgIpc) is 2.38. The molecule has 0 aromatic carbocycles. The molecule has 0 bridgehead atoms. The summed E-state index contributed by atoms with van der Waals surface area (Å²) in [6, 6.07) is 3.40. The number of halogens is 1. The Balaban J connectivity index is 0. The van der Waals surface area contributed by atoms with E-state index >= 15 is 0 Å². The van der Waals surface area contributed by atoms with E-state index in [1.54, 1.807) is 19.1 Å². The predicted molar refractivity (Wildman–Crippen MR) is 49.4 cm³/mol. The van der Waals surface area contributed by atoms with Crippen LogP contribution in [0.25, 0.3) is 0 Å². The maximum atomic E-state index is 10.9. The number of hydrogen-bond donors (Lipinski definition) is 0. The van der Waals surface area contributed by atoms with E-state index in [0.29, 0.717) is 11.5 Å². The zero-order valence-corrected chi connectivity index (χ0v) is 12.2. The Morgan fingerprint density at radius 3 is 2.83 bits per heavy atom. The second-order valence-electron chi connectivity index (χ2n) is 1.64. The number of esters is 1. The molecule has 0 aliphatic rings. The molecule has 0 atom stereocenters. The SMILES string of the molecule is Br.CCOC(=O)c1cc[c-]s1.[Zn]. The fourth-order valence-corrected chi connectivity index (χ4v) is 1.09. The van der Waals surface area contributed by atoms with Crippen LogP contribution in [0.2, 0.25) is 0 Å². The van der Waals surface area contributed by atoms with E-state index in [0.717, 1.165) is 0 Å². The minimum absolute atomic E-state index is 0. The molecule has 0 spiro atoms. The Bertz CT molecular complexity index is 213. The second kappa shape index (κ2) is 7.90. The van der Waals surface area contributed by atoms with Crippen LogP contribution in [-0.2, 0) is 24.2 Å². The minimum atomic E-state index is -0.256. The zero-order valence-electron chi connectivity index (χ0n) is 6.70. The summed E-state index contributed by atoms with van der Waals surface area (Å²) in [5, 5.41) is 2.81. The molecule has 1 aromatic heterocycles. The summed E-state index contributed by atoms with van der Waals surface area (Å²) in [6.07, 6.45) is 0. The number of thiophene rings is 1. The third kappa shape index (κ3) is 4.34. The smallest absolute Gasteiger partial charge is 0.279 e. The summed E-state index contributed by atoms with van der Waals surface area (Å²) in [4.78, 5) is 11.5. The van der Waals surface area contributed by atoms with E-state index in [-0.39, 0.29) is 42.4 Å². The molecule has 2 nitrogen and oxygen atoms in total. The molecule has 1 rings (SSSR count). The summed E-state index contributed by atoms with van der Waals surface area (Å²) < 4.78 is 4.74. The molecular weight excluding hydrogens is 293 g/mol. The summed E-state index contributed by atoms with van der Waals surface area (Å²) in [5.74, 6) is -0.256. The van der Waals surface area contributed by atoms with E-state index < -0.39 is 0 Å². The molecule has 0 saturated heterocycles. The number of rotatable bonds is 2. The van der Waals surface area contributed by atoms with Gasteiger partial charge in [-0.2, -0.15) is 12.1 Å². The van der Waals surface area contributed by atoms with Crippen molar-refractivity contribution in [3.05, 3.63) is 22.4 Å². The van der Waals surface area contributed by atoms with Crippen LogP contribution in [-0.4, -0.2) is 12.6 Å². The fourth-order valence-electron chi connectivity index (χ4n) is 0.553. The third-order valence-electron chi connectivity index (χ3n) is 0.948. The Morgan fingerprint density at radius 2 is 2.42 bits per heavy atom. The van der Waals surface area contributed by atoms with Gasteiger partial charge in [-0.1, -0.05) is 0 Å². The van der Waals surface area contributed by atoms with Crippen molar-refractivity contribution in [2.75, 3.05) is 6.61 Å². The molecule has 0 N–H and O–H groups in total. The van der Waals surface area contributed by atoms with Crippen LogP contribution in [0.3, 0.4) is 0 Å². The maximum absolute atomic E-state index is 10.9. The largest absolute Gasteiger partial charge is 0.472 e. The van der Waals surface area contributed by atoms with Gasteiger partial charge in [0.05, 0.1) is 6.61 Å².